The quantitative estimate of drug-likeness (QED) is 0.710. The smallest absolute Gasteiger partial charge is 0.165 e. The number of hydrogen-bond acceptors (Lipinski definition) is 2. The molecule has 0 unspecified atom stereocenters. The summed E-state index contributed by atoms with van der Waals surface area (Å²) in [6.45, 7) is 2.87. The van der Waals surface area contributed by atoms with Crippen LogP contribution in [0.25, 0.3) is 0 Å². The predicted molar refractivity (Wildman–Crippen MR) is 58.8 cm³/mol. The van der Waals surface area contributed by atoms with Crippen molar-refractivity contribution in [3.8, 4) is 0 Å². The third-order valence-corrected chi connectivity index (χ3v) is 3.20. The zero-order valence-corrected chi connectivity index (χ0v) is 9.28. The topological polar surface area (TPSA) is 34.9 Å². The Kier molecular flexibility index (Phi) is 3.19. The Labute approximate surface area is 90.5 Å². The maximum Gasteiger partial charge on any atom is 0.165 e. The molecule has 1 heterocycles. The minimum absolute atomic E-state index is 0.188. The van der Waals surface area contributed by atoms with Crippen LogP contribution in [0.4, 0.5) is 0 Å². The van der Waals surface area contributed by atoms with Gasteiger partial charge in [0.2, 0.25) is 0 Å². The monoisotopic (exact) mass is 206 g/mol. The zero-order valence-electron chi connectivity index (χ0n) is 9.28. The van der Waals surface area contributed by atoms with Crippen LogP contribution in [0.1, 0.15) is 49.4 Å². The standard InChI is InChI=1S/C12H18N2O/c1-2-12(15)11-7-13-14(9-11)8-10-5-3-4-6-10/h7,9-10H,2-6,8H2,1H3. The predicted octanol–water partition coefficient (Wildman–Crippen LogP) is 2.67. The van der Waals surface area contributed by atoms with E-state index in [4.69, 9.17) is 0 Å². The second kappa shape index (κ2) is 4.60. The molecule has 0 spiro atoms. The molecule has 2 rings (SSSR count). The number of hydrogen-bond donors (Lipinski definition) is 0. The summed E-state index contributed by atoms with van der Waals surface area (Å²) in [5.74, 6) is 0.960. The number of ketones is 1. The Morgan fingerprint density at radius 1 is 1.53 bits per heavy atom. The van der Waals surface area contributed by atoms with Crippen molar-refractivity contribution in [3.63, 3.8) is 0 Å². The van der Waals surface area contributed by atoms with Gasteiger partial charge in [-0.25, -0.2) is 0 Å². The molecule has 0 bridgehead atoms. The molecule has 0 amide bonds. The molecule has 1 aromatic rings. The lowest BCUT2D eigenvalue weighted by Crippen LogP contribution is -2.07. The lowest BCUT2D eigenvalue weighted by molar-refractivity contribution is 0.0988. The van der Waals surface area contributed by atoms with Gasteiger partial charge in [0.1, 0.15) is 0 Å². The van der Waals surface area contributed by atoms with Gasteiger partial charge in [-0.2, -0.15) is 5.10 Å². The van der Waals surface area contributed by atoms with E-state index in [2.05, 4.69) is 5.10 Å². The molecule has 0 aliphatic heterocycles. The van der Waals surface area contributed by atoms with Crippen LogP contribution in [-0.2, 0) is 6.54 Å². The van der Waals surface area contributed by atoms with E-state index in [-0.39, 0.29) is 5.78 Å². The van der Waals surface area contributed by atoms with Gasteiger partial charge in [-0.1, -0.05) is 19.8 Å². The van der Waals surface area contributed by atoms with Crippen molar-refractivity contribution in [3.05, 3.63) is 18.0 Å². The maximum atomic E-state index is 11.4. The van der Waals surface area contributed by atoms with Crippen LogP contribution in [0, 0.1) is 5.92 Å². The van der Waals surface area contributed by atoms with Gasteiger partial charge in [0, 0.05) is 19.2 Å². The molecule has 1 fully saturated rings. The van der Waals surface area contributed by atoms with Crippen LogP contribution >= 0.6 is 0 Å². The summed E-state index contributed by atoms with van der Waals surface area (Å²) in [5, 5.41) is 4.24. The molecule has 3 nitrogen and oxygen atoms in total. The van der Waals surface area contributed by atoms with Gasteiger partial charge in [-0.05, 0) is 18.8 Å². The van der Waals surface area contributed by atoms with Crippen LogP contribution in [0.3, 0.4) is 0 Å². The fourth-order valence-electron chi connectivity index (χ4n) is 2.27. The summed E-state index contributed by atoms with van der Waals surface area (Å²) in [5.41, 5.74) is 0.760. The van der Waals surface area contributed by atoms with Crippen molar-refractivity contribution in [1.82, 2.24) is 9.78 Å². The first-order valence-corrected chi connectivity index (χ1v) is 5.85. The van der Waals surface area contributed by atoms with Crippen LogP contribution in [0.2, 0.25) is 0 Å². The van der Waals surface area contributed by atoms with E-state index in [1.807, 2.05) is 17.8 Å². The lowest BCUT2D eigenvalue weighted by Gasteiger charge is -2.07. The molecule has 0 radical (unpaired) electrons. The largest absolute Gasteiger partial charge is 0.294 e. The average Bonchev–Trinajstić information content (AvgIpc) is 2.88. The summed E-state index contributed by atoms with van der Waals surface area (Å²) < 4.78 is 1.93. The van der Waals surface area contributed by atoms with Crippen LogP contribution in [0.15, 0.2) is 12.4 Å². The minimum atomic E-state index is 0.188. The highest BCUT2D eigenvalue weighted by Crippen LogP contribution is 2.25. The number of aromatic nitrogens is 2. The van der Waals surface area contributed by atoms with Crippen molar-refractivity contribution in [2.45, 2.75) is 45.6 Å². The van der Waals surface area contributed by atoms with Gasteiger partial charge in [-0.3, -0.25) is 9.48 Å². The summed E-state index contributed by atoms with van der Waals surface area (Å²) >= 11 is 0. The van der Waals surface area contributed by atoms with Gasteiger partial charge in [0.05, 0.1) is 11.8 Å². The molecule has 3 heteroatoms. The molecule has 0 saturated heterocycles. The van der Waals surface area contributed by atoms with E-state index >= 15 is 0 Å². The number of Topliss-reactive ketones (excluding diaryl/α,β-unsaturated/α-hetero) is 1. The van der Waals surface area contributed by atoms with E-state index in [0.29, 0.717) is 6.42 Å². The molecular weight excluding hydrogens is 188 g/mol. The molecule has 0 N–H and O–H groups in total. The van der Waals surface area contributed by atoms with E-state index in [9.17, 15) is 4.79 Å². The fourth-order valence-corrected chi connectivity index (χ4v) is 2.27. The van der Waals surface area contributed by atoms with Crippen molar-refractivity contribution < 1.29 is 4.79 Å². The SMILES string of the molecule is CCC(=O)c1cnn(CC2CCCC2)c1. The van der Waals surface area contributed by atoms with E-state index in [0.717, 1.165) is 18.0 Å². The normalized spacial score (nSPS) is 17.1. The summed E-state index contributed by atoms with van der Waals surface area (Å²) in [7, 11) is 0. The summed E-state index contributed by atoms with van der Waals surface area (Å²) in [6, 6.07) is 0. The highest BCUT2D eigenvalue weighted by atomic mass is 16.1. The second-order valence-corrected chi connectivity index (χ2v) is 4.38. The molecule has 1 saturated carbocycles. The Bertz CT molecular complexity index is 337. The van der Waals surface area contributed by atoms with Gasteiger partial charge in [0.25, 0.3) is 0 Å². The molecular formula is C12H18N2O. The first-order valence-electron chi connectivity index (χ1n) is 5.85. The number of carbonyl (C=O) groups excluding carboxylic acids is 1. The van der Waals surface area contributed by atoms with Gasteiger partial charge >= 0.3 is 0 Å². The Morgan fingerprint density at radius 3 is 2.93 bits per heavy atom. The van der Waals surface area contributed by atoms with E-state index < -0.39 is 0 Å². The van der Waals surface area contributed by atoms with Gasteiger partial charge < -0.3 is 0 Å². The van der Waals surface area contributed by atoms with Gasteiger partial charge in [-0.15, -0.1) is 0 Å². The van der Waals surface area contributed by atoms with E-state index in [1.54, 1.807) is 6.20 Å². The Morgan fingerprint density at radius 2 is 2.27 bits per heavy atom. The van der Waals surface area contributed by atoms with Crippen molar-refractivity contribution in [2.75, 3.05) is 0 Å². The molecule has 82 valence electrons. The molecule has 1 aromatic heterocycles. The molecule has 15 heavy (non-hydrogen) atoms. The number of carbonyl (C=O) groups is 1. The van der Waals surface area contributed by atoms with Crippen LogP contribution < -0.4 is 0 Å². The summed E-state index contributed by atoms with van der Waals surface area (Å²) in [4.78, 5) is 11.4. The molecule has 1 aliphatic rings. The van der Waals surface area contributed by atoms with Gasteiger partial charge in [0.15, 0.2) is 5.78 Å². The first-order chi connectivity index (χ1) is 7.29. The molecule has 0 atom stereocenters. The highest BCUT2D eigenvalue weighted by molar-refractivity contribution is 5.95. The molecule has 1 aliphatic carbocycles. The van der Waals surface area contributed by atoms with Crippen molar-refractivity contribution in [1.29, 1.82) is 0 Å². The molecule has 0 aromatic carbocycles. The van der Waals surface area contributed by atoms with Crippen LogP contribution in [0.5, 0.6) is 0 Å². The average molecular weight is 206 g/mol. The van der Waals surface area contributed by atoms with E-state index in [1.165, 1.54) is 25.7 Å². The number of nitrogens with zero attached hydrogens (tertiary/aromatic N) is 2. The third-order valence-electron chi connectivity index (χ3n) is 3.20. The Balaban J connectivity index is 1.97. The first kappa shape index (κ1) is 10.4. The highest BCUT2D eigenvalue weighted by Gasteiger charge is 2.16. The van der Waals surface area contributed by atoms with Crippen LogP contribution in [-0.4, -0.2) is 15.6 Å². The maximum absolute atomic E-state index is 11.4. The third kappa shape index (κ3) is 2.46. The Hall–Kier alpha value is -1.12. The van der Waals surface area contributed by atoms with Crippen molar-refractivity contribution >= 4 is 5.78 Å². The second-order valence-electron chi connectivity index (χ2n) is 4.38. The zero-order chi connectivity index (χ0) is 10.7. The minimum Gasteiger partial charge on any atom is -0.294 e. The summed E-state index contributed by atoms with van der Waals surface area (Å²) in [6.07, 6.45) is 9.49. The number of rotatable bonds is 4. The van der Waals surface area contributed by atoms with Crippen molar-refractivity contribution in [2.24, 2.45) is 5.92 Å². The fraction of sp³-hybridized carbons (Fsp3) is 0.667. The lowest BCUT2D eigenvalue weighted by atomic mass is 10.1.